The van der Waals surface area contributed by atoms with Gasteiger partial charge in [-0.2, -0.15) is 0 Å². The lowest BCUT2D eigenvalue weighted by Gasteiger charge is -2.42. The largest absolute Gasteiger partial charge is 0.338 e. The van der Waals surface area contributed by atoms with Gasteiger partial charge < -0.3 is 15.1 Å². The van der Waals surface area contributed by atoms with Crippen LogP contribution in [0.15, 0.2) is 0 Å². The first-order valence-corrected chi connectivity index (χ1v) is 8.97. The molecule has 2 saturated carbocycles. The number of carbonyl (C=O) groups is 2. The van der Waals surface area contributed by atoms with Gasteiger partial charge >= 0.3 is 6.03 Å². The van der Waals surface area contributed by atoms with E-state index < -0.39 is 0 Å². The van der Waals surface area contributed by atoms with Gasteiger partial charge in [-0.15, -0.1) is 0 Å². The third-order valence-corrected chi connectivity index (χ3v) is 5.45. The molecule has 0 unspecified atom stereocenters. The smallest absolute Gasteiger partial charge is 0.317 e. The number of likely N-dealkylation sites (tertiary alicyclic amines) is 1. The first-order chi connectivity index (χ1) is 10.6. The summed E-state index contributed by atoms with van der Waals surface area (Å²) in [6, 6.07) is 0.868. The van der Waals surface area contributed by atoms with Gasteiger partial charge in [0, 0.05) is 38.6 Å². The van der Waals surface area contributed by atoms with Crippen molar-refractivity contribution >= 4 is 11.9 Å². The zero-order valence-electron chi connectivity index (χ0n) is 13.7. The fourth-order valence-corrected chi connectivity index (χ4v) is 3.70. The molecule has 2 aliphatic carbocycles. The topological polar surface area (TPSA) is 52.7 Å². The Hall–Kier alpha value is -1.26. The molecule has 0 spiro atoms. The third-order valence-electron chi connectivity index (χ3n) is 5.45. The molecule has 0 bridgehead atoms. The molecule has 5 heteroatoms. The highest BCUT2D eigenvalue weighted by atomic mass is 16.2. The van der Waals surface area contributed by atoms with Gasteiger partial charge in [0.15, 0.2) is 0 Å². The maximum absolute atomic E-state index is 12.2. The van der Waals surface area contributed by atoms with Gasteiger partial charge in [-0.1, -0.05) is 0 Å². The second kappa shape index (κ2) is 6.88. The fourth-order valence-electron chi connectivity index (χ4n) is 3.70. The predicted molar refractivity (Wildman–Crippen MR) is 85.5 cm³/mol. The predicted octanol–water partition coefficient (Wildman–Crippen LogP) is 2.36. The Morgan fingerprint density at radius 2 is 1.68 bits per heavy atom. The molecule has 0 aromatic heterocycles. The van der Waals surface area contributed by atoms with Crippen LogP contribution in [0.4, 0.5) is 4.79 Å². The van der Waals surface area contributed by atoms with Crippen LogP contribution in [-0.2, 0) is 4.79 Å². The number of hydrogen-bond donors (Lipinski definition) is 1. The van der Waals surface area contributed by atoms with E-state index in [1.165, 1.54) is 19.3 Å². The summed E-state index contributed by atoms with van der Waals surface area (Å²) in [5.41, 5.74) is 0. The molecular formula is C17H29N3O2. The Bertz CT molecular complexity index is 418. The maximum atomic E-state index is 12.2. The highest BCUT2D eigenvalue weighted by molar-refractivity contribution is 5.75. The highest BCUT2D eigenvalue weighted by Gasteiger charge is 2.34. The van der Waals surface area contributed by atoms with E-state index in [9.17, 15) is 9.59 Å². The SMILES string of the molecule is CC(=O)N(C1CCC1)[C@@H]1CCCN(C(=O)NCC2CC2)CC1. The zero-order chi connectivity index (χ0) is 15.5. The monoisotopic (exact) mass is 307 g/mol. The molecule has 3 rings (SSSR count). The standard InChI is InChI=1S/C17H29N3O2/c1-13(21)20(15-4-2-5-15)16-6-3-10-19(11-9-16)17(22)18-12-14-7-8-14/h14-16H,2-12H2,1H3,(H,18,22)/t16-/m1/s1. The molecule has 1 atom stereocenters. The van der Waals surface area contributed by atoms with E-state index in [0.29, 0.717) is 12.1 Å². The van der Waals surface area contributed by atoms with Crippen LogP contribution in [-0.4, -0.2) is 53.5 Å². The van der Waals surface area contributed by atoms with Crippen LogP contribution in [0.5, 0.6) is 0 Å². The van der Waals surface area contributed by atoms with Crippen LogP contribution < -0.4 is 5.32 Å². The average molecular weight is 307 g/mol. The highest BCUT2D eigenvalue weighted by Crippen LogP contribution is 2.30. The van der Waals surface area contributed by atoms with Crippen LogP contribution in [0.1, 0.15) is 58.3 Å². The Labute approximate surface area is 133 Å². The van der Waals surface area contributed by atoms with Crippen molar-refractivity contribution in [3.8, 4) is 0 Å². The zero-order valence-corrected chi connectivity index (χ0v) is 13.7. The van der Waals surface area contributed by atoms with Crippen molar-refractivity contribution in [2.45, 2.75) is 70.4 Å². The van der Waals surface area contributed by atoms with Crippen molar-refractivity contribution in [1.82, 2.24) is 15.1 Å². The molecule has 3 amide bonds. The van der Waals surface area contributed by atoms with E-state index >= 15 is 0 Å². The van der Waals surface area contributed by atoms with E-state index in [-0.39, 0.29) is 11.9 Å². The lowest BCUT2D eigenvalue weighted by atomic mass is 9.89. The summed E-state index contributed by atoms with van der Waals surface area (Å²) >= 11 is 0. The van der Waals surface area contributed by atoms with Crippen molar-refractivity contribution in [2.24, 2.45) is 5.92 Å². The maximum Gasteiger partial charge on any atom is 0.317 e. The molecule has 22 heavy (non-hydrogen) atoms. The molecule has 3 aliphatic rings. The molecule has 1 N–H and O–H groups in total. The molecular weight excluding hydrogens is 278 g/mol. The molecule has 1 heterocycles. The minimum Gasteiger partial charge on any atom is -0.338 e. The molecule has 0 aromatic rings. The quantitative estimate of drug-likeness (QED) is 0.867. The van der Waals surface area contributed by atoms with E-state index in [1.54, 1.807) is 6.92 Å². The van der Waals surface area contributed by atoms with Crippen LogP contribution in [0.25, 0.3) is 0 Å². The summed E-state index contributed by atoms with van der Waals surface area (Å²) in [6.07, 6.45) is 9.03. The minimum absolute atomic E-state index is 0.0885. The van der Waals surface area contributed by atoms with E-state index in [4.69, 9.17) is 0 Å². The average Bonchev–Trinajstić information content (AvgIpc) is 3.26. The van der Waals surface area contributed by atoms with E-state index in [0.717, 1.165) is 57.7 Å². The van der Waals surface area contributed by atoms with E-state index in [1.807, 2.05) is 4.90 Å². The second-order valence-electron chi connectivity index (χ2n) is 7.21. The molecule has 3 fully saturated rings. The van der Waals surface area contributed by atoms with Gasteiger partial charge in [0.05, 0.1) is 0 Å². The summed E-state index contributed by atoms with van der Waals surface area (Å²) < 4.78 is 0. The lowest BCUT2D eigenvalue weighted by molar-refractivity contribution is -0.136. The van der Waals surface area contributed by atoms with Crippen LogP contribution in [0, 0.1) is 5.92 Å². The van der Waals surface area contributed by atoms with Crippen molar-refractivity contribution in [2.75, 3.05) is 19.6 Å². The van der Waals surface area contributed by atoms with Gasteiger partial charge in [0.25, 0.3) is 0 Å². The van der Waals surface area contributed by atoms with Gasteiger partial charge in [0.2, 0.25) is 5.91 Å². The Morgan fingerprint density at radius 1 is 1.00 bits per heavy atom. The number of amides is 3. The number of carbonyl (C=O) groups excluding carboxylic acids is 2. The van der Waals surface area contributed by atoms with Crippen LogP contribution >= 0.6 is 0 Å². The molecule has 124 valence electrons. The first kappa shape index (κ1) is 15.6. The number of urea groups is 1. The normalized spacial score (nSPS) is 26.0. The molecule has 1 saturated heterocycles. The third kappa shape index (κ3) is 3.73. The van der Waals surface area contributed by atoms with Gasteiger partial charge in [-0.3, -0.25) is 4.79 Å². The second-order valence-corrected chi connectivity index (χ2v) is 7.21. The Balaban J connectivity index is 1.51. The first-order valence-electron chi connectivity index (χ1n) is 8.97. The van der Waals surface area contributed by atoms with Crippen molar-refractivity contribution in [3.05, 3.63) is 0 Å². The van der Waals surface area contributed by atoms with Crippen molar-refractivity contribution < 1.29 is 9.59 Å². The Kier molecular flexibility index (Phi) is 4.89. The molecule has 5 nitrogen and oxygen atoms in total. The minimum atomic E-state index is 0.0885. The van der Waals surface area contributed by atoms with Gasteiger partial charge in [-0.25, -0.2) is 4.79 Å². The summed E-state index contributed by atoms with van der Waals surface area (Å²) in [5.74, 6) is 0.928. The number of hydrogen-bond acceptors (Lipinski definition) is 2. The number of nitrogens with one attached hydrogen (secondary N) is 1. The number of rotatable bonds is 4. The van der Waals surface area contributed by atoms with Gasteiger partial charge in [-0.05, 0) is 57.3 Å². The summed E-state index contributed by atoms with van der Waals surface area (Å²) in [6.45, 7) is 4.13. The summed E-state index contributed by atoms with van der Waals surface area (Å²) in [5, 5.41) is 3.06. The molecule has 0 aromatic carbocycles. The lowest BCUT2D eigenvalue weighted by Crippen LogP contribution is -2.49. The van der Waals surface area contributed by atoms with Gasteiger partial charge in [0.1, 0.15) is 0 Å². The fraction of sp³-hybridized carbons (Fsp3) is 0.882. The van der Waals surface area contributed by atoms with Crippen molar-refractivity contribution in [1.29, 1.82) is 0 Å². The van der Waals surface area contributed by atoms with Crippen molar-refractivity contribution in [3.63, 3.8) is 0 Å². The summed E-state index contributed by atoms with van der Waals surface area (Å²) in [4.78, 5) is 28.3. The van der Waals surface area contributed by atoms with Crippen LogP contribution in [0.3, 0.4) is 0 Å². The number of nitrogens with zero attached hydrogens (tertiary/aromatic N) is 2. The molecule has 0 radical (unpaired) electrons. The Morgan fingerprint density at radius 3 is 2.27 bits per heavy atom. The molecule has 1 aliphatic heterocycles. The summed E-state index contributed by atoms with van der Waals surface area (Å²) in [7, 11) is 0. The van der Waals surface area contributed by atoms with E-state index in [2.05, 4.69) is 10.2 Å². The van der Waals surface area contributed by atoms with Crippen LogP contribution in [0.2, 0.25) is 0 Å².